The molecule has 0 radical (unpaired) electrons. The van der Waals surface area contributed by atoms with Crippen LogP contribution in [0.5, 0.6) is 17.2 Å². The van der Waals surface area contributed by atoms with E-state index in [4.69, 9.17) is 11.6 Å². The maximum atomic E-state index is 11.9. The lowest BCUT2D eigenvalue weighted by Gasteiger charge is -2.08. The molecule has 0 saturated heterocycles. The van der Waals surface area contributed by atoms with Crippen LogP contribution in [-0.4, -0.2) is 21.2 Å². The smallest absolute Gasteiger partial charge is 0.259 e. The van der Waals surface area contributed by atoms with Gasteiger partial charge in [-0.3, -0.25) is 4.79 Å². The highest BCUT2D eigenvalue weighted by Crippen LogP contribution is 2.37. The zero-order valence-corrected chi connectivity index (χ0v) is 10.3. The number of halogens is 1. The van der Waals surface area contributed by atoms with E-state index in [1.807, 2.05) is 0 Å². The van der Waals surface area contributed by atoms with Gasteiger partial charge in [0.05, 0.1) is 5.56 Å². The van der Waals surface area contributed by atoms with E-state index in [9.17, 15) is 20.1 Å². The first-order valence-electron chi connectivity index (χ1n) is 5.30. The molecule has 1 amide bonds. The zero-order chi connectivity index (χ0) is 14.0. The molecule has 4 N–H and O–H groups in total. The number of phenolic OH excluding ortho intramolecular Hbond substituents is 3. The first-order valence-corrected chi connectivity index (χ1v) is 5.67. The molecule has 0 unspecified atom stereocenters. The van der Waals surface area contributed by atoms with Crippen LogP contribution in [0.1, 0.15) is 10.4 Å². The lowest BCUT2D eigenvalue weighted by atomic mass is 10.1. The first-order chi connectivity index (χ1) is 8.99. The topological polar surface area (TPSA) is 89.8 Å². The van der Waals surface area contributed by atoms with Gasteiger partial charge in [-0.1, -0.05) is 11.6 Å². The van der Waals surface area contributed by atoms with Crippen LogP contribution < -0.4 is 5.32 Å². The third-order valence-electron chi connectivity index (χ3n) is 2.48. The number of benzene rings is 2. The highest BCUT2D eigenvalue weighted by Gasteiger charge is 2.17. The second-order valence-corrected chi connectivity index (χ2v) is 4.23. The zero-order valence-electron chi connectivity index (χ0n) is 9.59. The number of phenols is 3. The molecule has 2 aromatic rings. The molecule has 6 heteroatoms. The molecule has 2 rings (SSSR count). The van der Waals surface area contributed by atoms with E-state index in [1.165, 1.54) is 6.07 Å². The number of nitrogens with one attached hydrogen (secondary N) is 1. The average molecular weight is 280 g/mol. The van der Waals surface area contributed by atoms with Crippen molar-refractivity contribution in [1.82, 2.24) is 0 Å². The molecule has 5 nitrogen and oxygen atoms in total. The van der Waals surface area contributed by atoms with Gasteiger partial charge in [0.25, 0.3) is 5.91 Å². The van der Waals surface area contributed by atoms with Crippen molar-refractivity contribution < 1.29 is 20.1 Å². The molecule has 19 heavy (non-hydrogen) atoms. The van der Waals surface area contributed by atoms with E-state index < -0.39 is 23.2 Å². The second-order valence-electron chi connectivity index (χ2n) is 3.79. The number of hydrogen-bond donors (Lipinski definition) is 4. The molecule has 98 valence electrons. The molecule has 2 aromatic carbocycles. The van der Waals surface area contributed by atoms with Crippen LogP contribution in [-0.2, 0) is 0 Å². The number of amides is 1. The lowest BCUT2D eigenvalue weighted by molar-refractivity contribution is 0.102. The lowest BCUT2D eigenvalue weighted by Crippen LogP contribution is -2.11. The van der Waals surface area contributed by atoms with Crippen LogP contribution in [0.4, 0.5) is 5.69 Å². The summed E-state index contributed by atoms with van der Waals surface area (Å²) in [5, 5.41) is 31.1. The van der Waals surface area contributed by atoms with Gasteiger partial charge >= 0.3 is 0 Å². The fourth-order valence-corrected chi connectivity index (χ4v) is 1.61. The van der Waals surface area contributed by atoms with Crippen molar-refractivity contribution in [2.45, 2.75) is 0 Å². The van der Waals surface area contributed by atoms with Crippen molar-refractivity contribution in [3.8, 4) is 17.2 Å². The predicted molar refractivity (Wildman–Crippen MR) is 70.8 cm³/mol. The summed E-state index contributed by atoms with van der Waals surface area (Å²) >= 11 is 5.72. The molecule has 0 heterocycles. The average Bonchev–Trinajstić information content (AvgIpc) is 2.39. The number of hydrogen-bond acceptors (Lipinski definition) is 4. The van der Waals surface area contributed by atoms with Crippen molar-refractivity contribution in [3.63, 3.8) is 0 Å². The van der Waals surface area contributed by atoms with Gasteiger partial charge in [-0.25, -0.2) is 0 Å². The summed E-state index contributed by atoms with van der Waals surface area (Å²) in [6, 6.07) is 8.72. The Labute approximate surface area is 113 Å². The van der Waals surface area contributed by atoms with Crippen LogP contribution in [0.3, 0.4) is 0 Å². The molecule has 0 aromatic heterocycles. The first kappa shape index (κ1) is 13.0. The largest absolute Gasteiger partial charge is 0.504 e. The highest BCUT2D eigenvalue weighted by atomic mass is 35.5. The summed E-state index contributed by atoms with van der Waals surface area (Å²) in [6.45, 7) is 0. The Balaban J connectivity index is 2.25. The van der Waals surface area contributed by atoms with Gasteiger partial charge in [0, 0.05) is 10.7 Å². The number of carbonyl (C=O) groups is 1. The van der Waals surface area contributed by atoms with E-state index in [1.54, 1.807) is 24.3 Å². The third-order valence-corrected chi connectivity index (χ3v) is 2.73. The summed E-state index contributed by atoms with van der Waals surface area (Å²) in [6.07, 6.45) is 0. The van der Waals surface area contributed by atoms with Crippen LogP contribution in [0, 0.1) is 0 Å². The Morgan fingerprint density at radius 1 is 0.947 bits per heavy atom. The minimum absolute atomic E-state index is 0.148. The third kappa shape index (κ3) is 2.71. The van der Waals surface area contributed by atoms with Gasteiger partial charge in [-0.05, 0) is 36.4 Å². The van der Waals surface area contributed by atoms with Crippen LogP contribution in [0.25, 0.3) is 0 Å². The van der Waals surface area contributed by atoms with Gasteiger partial charge in [-0.2, -0.15) is 0 Å². The molecule has 0 aliphatic heterocycles. The van der Waals surface area contributed by atoms with Crippen LogP contribution in [0.2, 0.25) is 5.02 Å². The summed E-state index contributed by atoms with van der Waals surface area (Å²) in [4.78, 5) is 11.9. The van der Waals surface area contributed by atoms with Crippen molar-refractivity contribution in [2.24, 2.45) is 0 Å². The second kappa shape index (κ2) is 5.07. The molecule has 0 aliphatic rings. The van der Waals surface area contributed by atoms with E-state index in [-0.39, 0.29) is 5.56 Å². The summed E-state index contributed by atoms with van der Waals surface area (Å²) in [7, 11) is 0. The van der Waals surface area contributed by atoms with E-state index >= 15 is 0 Å². The van der Waals surface area contributed by atoms with E-state index in [0.717, 1.165) is 6.07 Å². The van der Waals surface area contributed by atoms with E-state index in [0.29, 0.717) is 10.7 Å². The maximum absolute atomic E-state index is 11.9. The number of carbonyl (C=O) groups excluding carboxylic acids is 1. The fourth-order valence-electron chi connectivity index (χ4n) is 1.48. The molecule has 0 fully saturated rings. The predicted octanol–water partition coefficient (Wildman–Crippen LogP) is 2.71. The quantitative estimate of drug-likeness (QED) is 0.636. The molecule has 0 saturated carbocycles. The maximum Gasteiger partial charge on any atom is 0.259 e. The van der Waals surface area contributed by atoms with Crippen LogP contribution >= 0.6 is 11.6 Å². The van der Waals surface area contributed by atoms with Gasteiger partial charge < -0.3 is 20.6 Å². The minimum atomic E-state index is -0.733. The molecule has 0 spiro atoms. The standard InChI is InChI=1S/C13H10ClNO4/c14-7-1-3-8(4-2-7)15-13(19)9-5-6-10(16)12(18)11(9)17/h1-6,16-18H,(H,15,19). The summed E-state index contributed by atoms with van der Waals surface area (Å²) in [5.41, 5.74) is 0.339. The van der Waals surface area contributed by atoms with Gasteiger partial charge in [0.2, 0.25) is 5.75 Å². The Morgan fingerprint density at radius 3 is 2.21 bits per heavy atom. The van der Waals surface area contributed by atoms with Crippen molar-refractivity contribution in [1.29, 1.82) is 0 Å². The summed E-state index contributed by atoms with van der Waals surface area (Å²) in [5.74, 6) is -2.52. The molecular formula is C13H10ClNO4. The SMILES string of the molecule is O=C(Nc1ccc(Cl)cc1)c1ccc(O)c(O)c1O. The molecule has 0 atom stereocenters. The molecule has 0 bridgehead atoms. The number of rotatable bonds is 2. The number of aromatic hydroxyl groups is 3. The Bertz CT molecular complexity index is 625. The van der Waals surface area contributed by atoms with E-state index in [2.05, 4.69) is 5.32 Å². The highest BCUT2D eigenvalue weighted by molar-refractivity contribution is 6.30. The Hall–Kier alpha value is -2.40. The van der Waals surface area contributed by atoms with Gasteiger partial charge in [0.1, 0.15) is 0 Å². The molecule has 0 aliphatic carbocycles. The Morgan fingerprint density at radius 2 is 1.58 bits per heavy atom. The normalized spacial score (nSPS) is 10.2. The Kier molecular flexibility index (Phi) is 3.48. The van der Waals surface area contributed by atoms with Crippen molar-refractivity contribution in [3.05, 3.63) is 47.0 Å². The number of anilines is 1. The monoisotopic (exact) mass is 279 g/mol. The fraction of sp³-hybridized carbons (Fsp3) is 0. The van der Waals surface area contributed by atoms with Crippen molar-refractivity contribution >= 4 is 23.2 Å². The minimum Gasteiger partial charge on any atom is -0.504 e. The van der Waals surface area contributed by atoms with Crippen molar-refractivity contribution in [2.75, 3.05) is 5.32 Å². The van der Waals surface area contributed by atoms with Gasteiger partial charge in [0.15, 0.2) is 11.5 Å². The molecular weight excluding hydrogens is 270 g/mol. The van der Waals surface area contributed by atoms with Gasteiger partial charge in [-0.15, -0.1) is 0 Å². The summed E-state index contributed by atoms with van der Waals surface area (Å²) < 4.78 is 0. The van der Waals surface area contributed by atoms with Crippen LogP contribution in [0.15, 0.2) is 36.4 Å².